The van der Waals surface area contributed by atoms with Gasteiger partial charge in [-0.15, -0.1) is 24.0 Å². The van der Waals surface area contributed by atoms with Crippen LogP contribution in [0.25, 0.3) is 0 Å². The number of guanidine groups is 1. The van der Waals surface area contributed by atoms with Gasteiger partial charge in [0.05, 0.1) is 6.54 Å². The third kappa shape index (κ3) is 5.83. The van der Waals surface area contributed by atoms with Crippen LogP contribution < -0.4 is 10.6 Å². The van der Waals surface area contributed by atoms with Crippen LogP contribution in [0.2, 0.25) is 0 Å². The molecule has 5 nitrogen and oxygen atoms in total. The third-order valence-corrected chi connectivity index (χ3v) is 5.99. The average Bonchev–Trinajstić information content (AvgIpc) is 3.10. The van der Waals surface area contributed by atoms with E-state index in [0.717, 1.165) is 44.9 Å². The molecule has 2 N–H and O–H groups in total. The van der Waals surface area contributed by atoms with Crippen molar-refractivity contribution in [2.45, 2.75) is 57.9 Å². The number of amides is 1. The lowest BCUT2D eigenvalue weighted by Crippen LogP contribution is -2.46. The summed E-state index contributed by atoms with van der Waals surface area (Å²) in [4.78, 5) is 19.0. The number of carbonyl (C=O) groups is 1. The predicted octanol–water partition coefficient (Wildman–Crippen LogP) is 3.68. The Bertz CT molecular complexity index is 703. The average molecular weight is 516 g/mol. The number of hydrogen-bond donors (Lipinski definition) is 2. The predicted molar refractivity (Wildman–Crippen MR) is 126 cm³/mol. The molecule has 1 atom stereocenters. The van der Waals surface area contributed by atoms with Crippen molar-refractivity contribution in [3.63, 3.8) is 0 Å². The molecule has 1 amide bonds. The fourth-order valence-corrected chi connectivity index (χ4v) is 4.13. The lowest BCUT2D eigenvalue weighted by molar-refractivity contribution is -0.133. The van der Waals surface area contributed by atoms with Crippen LogP contribution >= 0.6 is 24.0 Å². The second-order valence-electron chi connectivity index (χ2n) is 8.40. The molecule has 1 unspecified atom stereocenters. The molecule has 0 bridgehead atoms. The van der Waals surface area contributed by atoms with Crippen LogP contribution in [-0.4, -0.2) is 49.0 Å². The van der Waals surface area contributed by atoms with Crippen molar-refractivity contribution in [2.75, 3.05) is 26.2 Å². The topological polar surface area (TPSA) is 56.7 Å². The molecule has 2 fully saturated rings. The van der Waals surface area contributed by atoms with E-state index in [-0.39, 0.29) is 53.1 Å². The highest BCUT2D eigenvalue weighted by Crippen LogP contribution is 2.44. The number of halogens is 2. The van der Waals surface area contributed by atoms with E-state index in [1.54, 1.807) is 12.1 Å². The van der Waals surface area contributed by atoms with Gasteiger partial charge in [0.1, 0.15) is 5.82 Å². The number of nitrogens with one attached hydrogen (secondary N) is 2. The first-order valence-electron chi connectivity index (χ1n) is 10.5. The summed E-state index contributed by atoms with van der Waals surface area (Å²) in [5.41, 5.74) is 1.19. The Morgan fingerprint density at radius 1 is 1.31 bits per heavy atom. The fourth-order valence-electron chi connectivity index (χ4n) is 4.13. The van der Waals surface area contributed by atoms with E-state index in [1.165, 1.54) is 12.0 Å². The van der Waals surface area contributed by atoms with Crippen LogP contribution in [-0.2, 0) is 10.2 Å². The molecule has 162 valence electrons. The van der Waals surface area contributed by atoms with Crippen LogP contribution in [0.15, 0.2) is 29.3 Å². The largest absolute Gasteiger partial charge is 0.357 e. The first-order valence-corrected chi connectivity index (χ1v) is 10.5. The van der Waals surface area contributed by atoms with Crippen molar-refractivity contribution in [1.29, 1.82) is 0 Å². The van der Waals surface area contributed by atoms with Gasteiger partial charge in [0, 0.05) is 37.0 Å². The molecule has 3 rings (SSSR count). The van der Waals surface area contributed by atoms with Gasteiger partial charge in [-0.3, -0.25) is 9.79 Å². The Balaban J connectivity index is 0.00000300. The smallest absolute Gasteiger partial charge is 0.225 e. The highest BCUT2D eigenvalue weighted by molar-refractivity contribution is 14.0. The van der Waals surface area contributed by atoms with E-state index in [1.807, 2.05) is 30.9 Å². The summed E-state index contributed by atoms with van der Waals surface area (Å²) in [7, 11) is 0. The summed E-state index contributed by atoms with van der Waals surface area (Å²) in [5.74, 6) is 0.865. The molecular formula is C22H34FIN4O. The molecular weight excluding hydrogens is 482 g/mol. The maximum absolute atomic E-state index is 13.3. The molecule has 2 aliphatic rings. The molecule has 1 saturated heterocycles. The number of hydrogen-bond acceptors (Lipinski definition) is 2. The second kappa shape index (κ2) is 10.6. The van der Waals surface area contributed by atoms with E-state index < -0.39 is 0 Å². The Kier molecular flexibility index (Phi) is 8.73. The zero-order chi connectivity index (χ0) is 20.1. The zero-order valence-corrected chi connectivity index (χ0v) is 20.0. The lowest BCUT2D eigenvalue weighted by Gasteiger charge is -2.41. The normalized spacial score (nSPS) is 20.8. The number of benzene rings is 1. The summed E-state index contributed by atoms with van der Waals surface area (Å²) >= 11 is 0. The van der Waals surface area contributed by atoms with Gasteiger partial charge in [-0.05, 0) is 43.9 Å². The SMILES string of the molecule is CCNC(=NCC1(c2ccc(F)cc2)CCC1)NC1CCN(C(=O)C(C)C)C1.I. The van der Waals surface area contributed by atoms with Gasteiger partial charge in [0.15, 0.2) is 5.96 Å². The molecule has 7 heteroatoms. The summed E-state index contributed by atoms with van der Waals surface area (Å²) < 4.78 is 13.3. The third-order valence-electron chi connectivity index (χ3n) is 5.99. The van der Waals surface area contributed by atoms with Crippen molar-refractivity contribution in [3.8, 4) is 0 Å². The van der Waals surface area contributed by atoms with Gasteiger partial charge in [0.2, 0.25) is 5.91 Å². The van der Waals surface area contributed by atoms with Gasteiger partial charge >= 0.3 is 0 Å². The van der Waals surface area contributed by atoms with Crippen molar-refractivity contribution in [1.82, 2.24) is 15.5 Å². The number of likely N-dealkylation sites (tertiary alicyclic amines) is 1. The van der Waals surface area contributed by atoms with Crippen molar-refractivity contribution >= 4 is 35.8 Å². The van der Waals surface area contributed by atoms with Gasteiger partial charge in [-0.1, -0.05) is 32.4 Å². The maximum atomic E-state index is 13.3. The molecule has 29 heavy (non-hydrogen) atoms. The van der Waals surface area contributed by atoms with Crippen LogP contribution in [0.5, 0.6) is 0 Å². The molecule has 1 aliphatic carbocycles. The Morgan fingerprint density at radius 3 is 2.55 bits per heavy atom. The Labute approximate surface area is 190 Å². The van der Waals surface area contributed by atoms with Gasteiger partial charge in [-0.2, -0.15) is 0 Å². The summed E-state index contributed by atoms with van der Waals surface area (Å²) in [5, 5.41) is 6.84. The molecule has 0 spiro atoms. The maximum Gasteiger partial charge on any atom is 0.225 e. The van der Waals surface area contributed by atoms with E-state index >= 15 is 0 Å². The van der Waals surface area contributed by atoms with E-state index in [0.29, 0.717) is 6.54 Å². The molecule has 1 aliphatic heterocycles. The number of nitrogens with zero attached hydrogens (tertiary/aromatic N) is 2. The molecule has 1 heterocycles. The first-order chi connectivity index (χ1) is 13.4. The van der Waals surface area contributed by atoms with Crippen molar-refractivity contribution < 1.29 is 9.18 Å². The Hall–Kier alpha value is -1.38. The van der Waals surface area contributed by atoms with Crippen LogP contribution in [0.3, 0.4) is 0 Å². The number of rotatable bonds is 6. The summed E-state index contributed by atoms with van der Waals surface area (Å²) in [6, 6.07) is 7.11. The van der Waals surface area contributed by atoms with Crippen LogP contribution in [0.4, 0.5) is 4.39 Å². The minimum absolute atomic E-state index is 0. The number of aliphatic imine (C=N–C) groups is 1. The van der Waals surface area contributed by atoms with E-state index in [4.69, 9.17) is 4.99 Å². The molecule has 1 aromatic carbocycles. The first kappa shape index (κ1) is 23.9. The summed E-state index contributed by atoms with van der Waals surface area (Å²) in [6.07, 6.45) is 4.29. The second-order valence-corrected chi connectivity index (χ2v) is 8.40. The fraction of sp³-hybridized carbons (Fsp3) is 0.636. The number of carbonyl (C=O) groups excluding carboxylic acids is 1. The zero-order valence-electron chi connectivity index (χ0n) is 17.7. The van der Waals surface area contributed by atoms with Gasteiger partial charge in [0.25, 0.3) is 0 Å². The monoisotopic (exact) mass is 516 g/mol. The molecule has 0 aromatic heterocycles. The molecule has 1 saturated carbocycles. The van der Waals surface area contributed by atoms with Crippen LogP contribution in [0, 0.1) is 11.7 Å². The quantitative estimate of drug-likeness (QED) is 0.345. The minimum atomic E-state index is -0.196. The van der Waals surface area contributed by atoms with Crippen LogP contribution in [0.1, 0.15) is 52.0 Å². The molecule has 1 aromatic rings. The molecule has 0 radical (unpaired) electrons. The lowest BCUT2D eigenvalue weighted by atomic mass is 9.64. The minimum Gasteiger partial charge on any atom is -0.357 e. The van der Waals surface area contributed by atoms with E-state index in [2.05, 4.69) is 17.6 Å². The highest BCUT2D eigenvalue weighted by atomic mass is 127. The van der Waals surface area contributed by atoms with Crippen molar-refractivity contribution in [3.05, 3.63) is 35.6 Å². The highest BCUT2D eigenvalue weighted by Gasteiger charge is 2.38. The van der Waals surface area contributed by atoms with E-state index in [9.17, 15) is 9.18 Å². The van der Waals surface area contributed by atoms with Gasteiger partial charge < -0.3 is 15.5 Å². The standard InChI is InChI=1S/C22H33FN4O.HI/c1-4-24-21(26-19-10-13-27(14-19)20(28)16(2)3)25-15-22(11-5-12-22)17-6-8-18(23)9-7-17;/h6-9,16,19H,4-5,10-15H2,1-3H3,(H2,24,25,26);1H. The van der Waals surface area contributed by atoms with Crippen molar-refractivity contribution in [2.24, 2.45) is 10.9 Å². The van der Waals surface area contributed by atoms with Gasteiger partial charge in [-0.25, -0.2) is 4.39 Å². The Morgan fingerprint density at radius 2 is 2.00 bits per heavy atom. The summed E-state index contributed by atoms with van der Waals surface area (Å²) in [6.45, 7) is 8.95.